The highest BCUT2D eigenvalue weighted by Gasteiger charge is 2.21. The Balaban J connectivity index is 1.46. The lowest BCUT2D eigenvalue weighted by atomic mass is 10.1. The molecule has 4 aromatic rings. The minimum Gasteiger partial charge on any atom is -0.496 e. The summed E-state index contributed by atoms with van der Waals surface area (Å²) in [5.74, 6) is 1.40. The molecule has 172 valence electrons. The summed E-state index contributed by atoms with van der Waals surface area (Å²) in [6.07, 6.45) is 0. The lowest BCUT2D eigenvalue weighted by Crippen LogP contribution is -2.15. The molecule has 0 radical (unpaired) electrons. The molecule has 0 saturated carbocycles. The van der Waals surface area contributed by atoms with Crippen LogP contribution in [-0.2, 0) is 0 Å². The summed E-state index contributed by atoms with van der Waals surface area (Å²) in [6, 6.07) is 16.8. The van der Waals surface area contributed by atoms with Crippen molar-refractivity contribution in [1.82, 2.24) is 0 Å². The second-order valence-corrected chi connectivity index (χ2v) is 7.43. The average Bonchev–Trinajstić information content (AvgIpc) is 2.87. The smallest absolute Gasteiger partial charge is 0.351 e. The van der Waals surface area contributed by atoms with Crippen LogP contribution in [0.2, 0.25) is 0 Å². The molecule has 0 amide bonds. The Bertz CT molecular complexity index is 1430. The quantitative estimate of drug-likeness (QED) is 0.245. The topological polar surface area (TPSA) is 93.4 Å². The van der Waals surface area contributed by atoms with Crippen LogP contribution >= 0.6 is 0 Å². The molecular weight excluding hydrogens is 440 g/mol. The molecule has 0 N–H and O–H groups in total. The number of esters is 1. The van der Waals surface area contributed by atoms with Crippen molar-refractivity contribution in [2.45, 2.75) is 0 Å². The Morgan fingerprint density at radius 2 is 1.59 bits per heavy atom. The lowest BCUT2D eigenvalue weighted by molar-refractivity contribution is 0.0727. The second kappa shape index (κ2) is 8.82. The van der Waals surface area contributed by atoms with Crippen LogP contribution in [0.15, 0.2) is 69.9 Å². The first-order valence-corrected chi connectivity index (χ1v) is 10.5. The molecule has 0 fully saturated rings. The third kappa shape index (κ3) is 3.90. The summed E-state index contributed by atoms with van der Waals surface area (Å²) in [5.41, 5.74) is 0.942. The minimum atomic E-state index is -0.663. The van der Waals surface area contributed by atoms with Gasteiger partial charge >= 0.3 is 11.6 Å². The van der Waals surface area contributed by atoms with Gasteiger partial charge < -0.3 is 28.1 Å². The summed E-state index contributed by atoms with van der Waals surface area (Å²) in [4.78, 5) is 25.6. The van der Waals surface area contributed by atoms with Crippen LogP contribution < -0.4 is 29.3 Å². The van der Waals surface area contributed by atoms with E-state index >= 15 is 0 Å². The molecule has 2 heterocycles. The number of hydrogen-bond acceptors (Lipinski definition) is 8. The maximum Gasteiger partial charge on any atom is 0.351 e. The number of carbonyl (C=O) groups excluding carboxylic acids is 1. The summed E-state index contributed by atoms with van der Waals surface area (Å²) in [6.45, 7) is 0.937. The highest BCUT2D eigenvalue weighted by Crippen LogP contribution is 2.35. The highest BCUT2D eigenvalue weighted by atomic mass is 16.6. The largest absolute Gasteiger partial charge is 0.496 e. The summed E-state index contributed by atoms with van der Waals surface area (Å²) < 4.78 is 32.7. The predicted molar refractivity (Wildman–Crippen MR) is 123 cm³/mol. The van der Waals surface area contributed by atoms with E-state index in [9.17, 15) is 9.59 Å². The van der Waals surface area contributed by atoms with Gasteiger partial charge in [-0.3, -0.25) is 0 Å². The van der Waals surface area contributed by atoms with Crippen molar-refractivity contribution in [2.24, 2.45) is 0 Å². The highest BCUT2D eigenvalue weighted by molar-refractivity contribution is 5.97. The maximum atomic E-state index is 12.8. The van der Waals surface area contributed by atoms with Crippen molar-refractivity contribution in [2.75, 3.05) is 27.4 Å². The van der Waals surface area contributed by atoms with Crippen molar-refractivity contribution >= 4 is 16.9 Å². The Morgan fingerprint density at radius 3 is 2.32 bits per heavy atom. The average molecular weight is 460 g/mol. The van der Waals surface area contributed by atoms with Crippen LogP contribution in [0.5, 0.6) is 28.7 Å². The zero-order chi connectivity index (χ0) is 23.7. The third-order valence-corrected chi connectivity index (χ3v) is 5.40. The van der Waals surface area contributed by atoms with E-state index < -0.39 is 11.6 Å². The van der Waals surface area contributed by atoms with Gasteiger partial charge in [-0.1, -0.05) is 12.1 Å². The summed E-state index contributed by atoms with van der Waals surface area (Å²) >= 11 is 0. The number of methoxy groups -OCH3 is 2. The monoisotopic (exact) mass is 460 g/mol. The first-order chi connectivity index (χ1) is 16.6. The molecule has 34 heavy (non-hydrogen) atoms. The van der Waals surface area contributed by atoms with E-state index in [2.05, 4.69) is 0 Å². The number of carbonyl (C=O) groups is 1. The fourth-order valence-corrected chi connectivity index (χ4v) is 3.78. The normalized spacial score (nSPS) is 12.3. The molecule has 1 aliphatic rings. The van der Waals surface area contributed by atoms with Gasteiger partial charge in [0, 0.05) is 11.5 Å². The number of fused-ring (bicyclic) bond motifs is 2. The van der Waals surface area contributed by atoms with Crippen LogP contribution in [0.4, 0.5) is 0 Å². The second-order valence-electron chi connectivity index (χ2n) is 7.43. The summed E-state index contributed by atoms with van der Waals surface area (Å²) in [7, 11) is 2.91. The Hall–Kier alpha value is -4.46. The molecule has 0 saturated heterocycles. The summed E-state index contributed by atoms with van der Waals surface area (Å²) in [5, 5.41) is 0.666. The Labute approximate surface area is 194 Å². The van der Waals surface area contributed by atoms with Crippen molar-refractivity contribution in [3.05, 3.63) is 76.6 Å². The Morgan fingerprint density at radius 1 is 0.853 bits per heavy atom. The van der Waals surface area contributed by atoms with Gasteiger partial charge in [-0.05, 0) is 48.0 Å². The number of hydrogen-bond donors (Lipinski definition) is 0. The molecule has 0 unspecified atom stereocenters. The zero-order valence-corrected chi connectivity index (χ0v) is 18.5. The number of benzene rings is 3. The molecule has 3 aromatic carbocycles. The molecular formula is C26H20O8. The van der Waals surface area contributed by atoms with Gasteiger partial charge in [0.05, 0.1) is 19.8 Å². The predicted octanol–water partition coefficient (Wildman–Crippen LogP) is 4.47. The van der Waals surface area contributed by atoms with E-state index in [1.165, 1.54) is 20.3 Å². The van der Waals surface area contributed by atoms with Crippen molar-refractivity contribution in [3.63, 3.8) is 0 Å². The standard InChI is InChI=1S/C26H20O8/c1-29-20-4-3-5-21(30-2)24(20)26(28)33-17-8-6-16-12-18(25(27)34-22(16)14-17)15-7-9-19-23(13-15)32-11-10-31-19/h3-9,12-14H,10-11H2,1-2H3. The van der Waals surface area contributed by atoms with E-state index in [0.717, 1.165) is 0 Å². The van der Waals surface area contributed by atoms with Crippen molar-refractivity contribution in [3.8, 4) is 39.9 Å². The molecule has 1 aromatic heterocycles. The fourth-order valence-electron chi connectivity index (χ4n) is 3.78. The first kappa shape index (κ1) is 21.4. The molecule has 8 nitrogen and oxygen atoms in total. The van der Waals surface area contributed by atoms with Gasteiger partial charge in [0.15, 0.2) is 11.5 Å². The molecule has 0 spiro atoms. The van der Waals surface area contributed by atoms with E-state index in [1.54, 1.807) is 54.6 Å². The molecule has 5 rings (SSSR count). The zero-order valence-electron chi connectivity index (χ0n) is 18.5. The van der Waals surface area contributed by atoms with Gasteiger partial charge in [-0.2, -0.15) is 0 Å². The SMILES string of the molecule is COc1cccc(OC)c1C(=O)Oc1ccc2cc(-c3ccc4c(c3)OCCO4)c(=O)oc2c1. The van der Waals surface area contributed by atoms with Gasteiger partial charge in [-0.25, -0.2) is 9.59 Å². The van der Waals surface area contributed by atoms with Crippen LogP contribution in [0, 0.1) is 0 Å². The van der Waals surface area contributed by atoms with Crippen LogP contribution in [0.1, 0.15) is 10.4 Å². The Kier molecular flexibility index (Phi) is 5.55. The van der Waals surface area contributed by atoms with E-state index in [0.29, 0.717) is 52.7 Å². The van der Waals surface area contributed by atoms with E-state index in [1.807, 2.05) is 0 Å². The molecule has 8 heteroatoms. The van der Waals surface area contributed by atoms with Crippen LogP contribution in [0.25, 0.3) is 22.1 Å². The van der Waals surface area contributed by atoms with E-state index in [4.69, 9.17) is 28.1 Å². The molecule has 0 atom stereocenters. The lowest BCUT2D eigenvalue weighted by Gasteiger charge is -2.18. The van der Waals surface area contributed by atoms with E-state index in [-0.39, 0.29) is 16.9 Å². The fraction of sp³-hybridized carbons (Fsp3) is 0.154. The van der Waals surface area contributed by atoms with Crippen molar-refractivity contribution in [1.29, 1.82) is 0 Å². The molecule has 0 bridgehead atoms. The van der Waals surface area contributed by atoms with Crippen molar-refractivity contribution < 1.29 is 32.9 Å². The molecule has 1 aliphatic heterocycles. The molecule has 0 aliphatic carbocycles. The van der Waals surface area contributed by atoms with Gasteiger partial charge in [0.2, 0.25) is 0 Å². The van der Waals surface area contributed by atoms with Crippen LogP contribution in [-0.4, -0.2) is 33.4 Å². The van der Waals surface area contributed by atoms with Gasteiger partial charge in [-0.15, -0.1) is 0 Å². The maximum absolute atomic E-state index is 12.8. The third-order valence-electron chi connectivity index (χ3n) is 5.40. The first-order valence-electron chi connectivity index (χ1n) is 10.5. The number of rotatable bonds is 5. The minimum absolute atomic E-state index is 0.156. The van der Waals surface area contributed by atoms with Gasteiger partial charge in [0.25, 0.3) is 0 Å². The van der Waals surface area contributed by atoms with Crippen LogP contribution in [0.3, 0.4) is 0 Å². The van der Waals surface area contributed by atoms with Gasteiger partial charge in [0.1, 0.15) is 41.6 Å². The number of ether oxygens (including phenoxy) is 5.